The highest BCUT2D eigenvalue weighted by molar-refractivity contribution is 7.79. The Hall–Kier alpha value is -0.500. The number of hydrogen-bond donors (Lipinski definition) is 0. The predicted octanol–water partition coefficient (Wildman–Crippen LogP) is -0.318. The number of ether oxygens (including phenoxy) is 1. The van der Waals surface area contributed by atoms with Crippen molar-refractivity contribution in [1.29, 1.82) is 0 Å². The van der Waals surface area contributed by atoms with Crippen LogP contribution in [-0.2, 0) is 20.6 Å². The third-order valence-corrected chi connectivity index (χ3v) is 4.09. The Morgan fingerprint density at radius 2 is 2.11 bits per heavy atom. The highest BCUT2D eigenvalue weighted by Crippen LogP contribution is 2.08. The van der Waals surface area contributed by atoms with Crippen molar-refractivity contribution in [1.82, 2.24) is 9.80 Å². The van der Waals surface area contributed by atoms with E-state index in [1.807, 2.05) is 6.92 Å². The molecule has 1 saturated heterocycles. The van der Waals surface area contributed by atoms with Gasteiger partial charge in [-0.25, -0.2) is 0 Å². The van der Waals surface area contributed by atoms with Gasteiger partial charge in [-0.1, -0.05) is 18.0 Å². The van der Waals surface area contributed by atoms with Gasteiger partial charge >= 0.3 is 0 Å². The molecule has 1 aliphatic rings. The standard InChI is InChI=1S/C12H24N2O4S/c1-3-11(10-19(16)17)12(15)13(2)4-5-14-6-8-18-9-7-14/h11H,3-10H2,1-2H3,(H,16,17)/p-1. The Morgan fingerprint density at radius 1 is 1.47 bits per heavy atom. The first-order chi connectivity index (χ1) is 9.04. The number of amides is 1. The lowest BCUT2D eigenvalue weighted by molar-refractivity contribution is -0.133. The zero-order chi connectivity index (χ0) is 14.3. The molecule has 0 aliphatic carbocycles. The van der Waals surface area contributed by atoms with Crippen molar-refractivity contribution in [2.45, 2.75) is 13.3 Å². The van der Waals surface area contributed by atoms with Crippen molar-refractivity contribution in [2.75, 3.05) is 52.2 Å². The lowest BCUT2D eigenvalue weighted by atomic mass is 10.1. The second-order valence-corrected chi connectivity index (χ2v) is 5.73. The van der Waals surface area contributed by atoms with E-state index in [-0.39, 0.29) is 11.7 Å². The molecule has 6 nitrogen and oxygen atoms in total. The fraction of sp³-hybridized carbons (Fsp3) is 0.917. The number of carbonyl (C=O) groups excluding carboxylic acids is 1. The minimum absolute atomic E-state index is 0.0834. The molecule has 0 saturated carbocycles. The summed E-state index contributed by atoms with van der Waals surface area (Å²) in [6.45, 7) is 6.54. The molecular weight excluding hydrogens is 268 g/mol. The van der Waals surface area contributed by atoms with E-state index in [1.54, 1.807) is 11.9 Å². The SMILES string of the molecule is CCC(CS(=O)[O-])C(=O)N(C)CCN1CCOCC1. The molecule has 19 heavy (non-hydrogen) atoms. The van der Waals surface area contributed by atoms with Gasteiger partial charge in [-0.2, -0.15) is 0 Å². The van der Waals surface area contributed by atoms with Gasteiger partial charge in [-0.05, 0) is 6.42 Å². The summed E-state index contributed by atoms with van der Waals surface area (Å²) in [4.78, 5) is 16.0. The van der Waals surface area contributed by atoms with Crippen LogP contribution in [0.2, 0.25) is 0 Å². The van der Waals surface area contributed by atoms with Gasteiger partial charge in [0.1, 0.15) is 0 Å². The molecule has 1 heterocycles. The largest absolute Gasteiger partial charge is 0.772 e. The zero-order valence-corrected chi connectivity index (χ0v) is 12.5. The number of morpholine rings is 1. The molecule has 0 aromatic carbocycles. The summed E-state index contributed by atoms with van der Waals surface area (Å²) in [5, 5.41) is 0. The van der Waals surface area contributed by atoms with E-state index >= 15 is 0 Å². The molecule has 1 rings (SSSR count). The predicted molar refractivity (Wildman–Crippen MR) is 72.5 cm³/mol. The molecule has 7 heteroatoms. The summed E-state index contributed by atoms with van der Waals surface area (Å²) >= 11 is -2.17. The van der Waals surface area contributed by atoms with Crippen LogP contribution < -0.4 is 0 Å². The van der Waals surface area contributed by atoms with E-state index in [1.165, 1.54) is 0 Å². The van der Waals surface area contributed by atoms with Gasteiger partial charge in [-0.3, -0.25) is 13.9 Å². The normalized spacial score (nSPS) is 19.9. The maximum absolute atomic E-state index is 12.1. The van der Waals surface area contributed by atoms with Crippen LogP contribution in [0, 0.1) is 5.92 Å². The second kappa shape index (κ2) is 8.63. The van der Waals surface area contributed by atoms with Crippen LogP contribution >= 0.6 is 0 Å². The Morgan fingerprint density at radius 3 is 2.63 bits per heavy atom. The molecule has 0 aromatic rings. The van der Waals surface area contributed by atoms with E-state index in [0.29, 0.717) is 13.0 Å². The van der Waals surface area contributed by atoms with Crippen LogP contribution in [0.25, 0.3) is 0 Å². The van der Waals surface area contributed by atoms with Crippen molar-refractivity contribution in [2.24, 2.45) is 5.92 Å². The minimum Gasteiger partial charge on any atom is -0.772 e. The van der Waals surface area contributed by atoms with Gasteiger partial charge < -0.3 is 14.2 Å². The summed E-state index contributed by atoms with van der Waals surface area (Å²) in [6.07, 6.45) is 0.550. The molecule has 1 aliphatic heterocycles. The van der Waals surface area contributed by atoms with Crippen LogP contribution in [0.1, 0.15) is 13.3 Å². The second-order valence-electron chi connectivity index (χ2n) is 4.79. The van der Waals surface area contributed by atoms with Gasteiger partial charge in [-0.15, -0.1) is 0 Å². The van der Waals surface area contributed by atoms with Crippen molar-refractivity contribution in [3.8, 4) is 0 Å². The molecule has 1 amide bonds. The number of rotatable bonds is 7. The average molecular weight is 291 g/mol. The van der Waals surface area contributed by atoms with Crippen LogP contribution in [0.15, 0.2) is 0 Å². The highest BCUT2D eigenvalue weighted by atomic mass is 32.2. The van der Waals surface area contributed by atoms with Crippen molar-refractivity contribution in [3.05, 3.63) is 0 Å². The molecule has 112 valence electrons. The first-order valence-corrected chi connectivity index (χ1v) is 7.90. The van der Waals surface area contributed by atoms with Crippen LogP contribution in [-0.4, -0.2) is 76.7 Å². The first kappa shape index (κ1) is 16.6. The van der Waals surface area contributed by atoms with Gasteiger partial charge in [0, 0.05) is 44.9 Å². The lowest BCUT2D eigenvalue weighted by Crippen LogP contribution is -2.43. The maximum atomic E-state index is 12.1. The minimum atomic E-state index is -2.17. The molecule has 2 unspecified atom stereocenters. The van der Waals surface area contributed by atoms with Gasteiger partial charge in [0.2, 0.25) is 5.91 Å². The van der Waals surface area contributed by atoms with Gasteiger partial charge in [0.05, 0.1) is 13.2 Å². The lowest BCUT2D eigenvalue weighted by Gasteiger charge is -2.30. The topological polar surface area (TPSA) is 72.9 Å². The third-order valence-electron chi connectivity index (χ3n) is 3.41. The highest BCUT2D eigenvalue weighted by Gasteiger charge is 2.21. The summed E-state index contributed by atoms with van der Waals surface area (Å²) < 4.78 is 26.7. The molecular formula is C12H23N2O4S-. The zero-order valence-electron chi connectivity index (χ0n) is 11.7. The fourth-order valence-corrected chi connectivity index (χ4v) is 2.77. The summed E-state index contributed by atoms with van der Waals surface area (Å²) in [5.41, 5.74) is 0. The van der Waals surface area contributed by atoms with Crippen molar-refractivity contribution in [3.63, 3.8) is 0 Å². The maximum Gasteiger partial charge on any atom is 0.226 e. The molecule has 0 radical (unpaired) electrons. The molecule has 0 spiro atoms. The molecule has 0 aromatic heterocycles. The summed E-state index contributed by atoms with van der Waals surface area (Å²) in [5.74, 6) is -0.593. The van der Waals surface area contributed by atoms with E-state index in [0.717, 1.165) is 32.8 Å². The molecule has 2 atom stereocenters. The smallest absolute Gasteiger partial charge is 0.226 e. The third kappa shape index (κ3) is 5.99. The summed E-state index contributed by atoms with van der Waals surface area (Å²) in [6, 6.07) is 0. The van der Waals surface area contributed by atoms with E-state index in [4.69, 9.17) is 4.74 Å². The summed E-state index contributed by atoms with van der Waals surface area (Å²) in [7, 11) is 1.74. The molecule has 0 bridgehead atoms. The molecule has 0 N–H and O–H groups in total. The Balaban J connectivity index is 2.35. The quantitative estimate of drug-likeness (QED) is 0.601. The first-order valence-electron chi connectivity index (χ1n) is 6.65. The van der Waals surface area contributed by atoms with Crippen molar-refractivity contribution >= 4 is 17.0 Å². The van der Waals surface area contributed by atoms with Crippen LogP contribution in [0.3, 0.4) is 0 Å². The molecule has 1 fully saturated rings. The number of hydrogen-bond acceptors (Lipinski definition) is 5. The van der Waals surface area contributed by atoms with Gasteiger partial charge in [0.25, 0.3) is 0 Å². The Kier molecular flexibility index (Phi) is 7.52. The average Bonchev–Trinajstić information content (AvgIpc) is 2.42. The van der Waals surface area contributed by atoms with Gasteiger partial charge in [0.15, 0.2) is 0 Å². The van der Waals surface area contributed by atoms with Crippen molar-refractivity contribution < 1.29 is 18.3 Å². The van der Waals surface area contributed by atoms with E-state index < -0.39 is 17.0 Å². The Labute approximate surface area is 117 Å². The number of carbonyl (C=O) groups is 1. The van der Waals surface area contributed by atoms with Crippen LogP contribution in [0.5, 0.6) is 0 Å². The fourth-order valence-electron chi connectivity index (χ4n) is 2.07. The van der Waals surface area contributed by atoms with Crippen LogP contribution in [0.4, 0.5) is 0 Å². The Bertz CT molecular complexity index is 308. The number of nitrogens with zero attached hydrogens (tertiary/aromatic N) is 2. The number of likely N-dealkylation sites (N-methyl/N-ethyl adjacent to an activating group) is 1. The van der Waals surface area contributed by atoms with E-state index in [9.17, 15) is 13.6 Å². The van der Waals surface area contributed by atoms with E-state index in [2.05, 4.69) is 4.90 Å². The monoisotopic (exact) mass is 291 g/mol.